The Balaban J connectivity index is 3.16. The topological polar surface area (TPSA) is 36.3 Å². The van der Waals surface area contributed by atoms with Crippen LogP contribution < -0.4 is 4.74 Å². The highest BCUT2D eigenvalue weighted by Crippen LogP contribution is 2.24. The van der Waals surface area contributed by atoms with Crippen LogP contribution >= 0.6 is 11.8 Å². The average Bonchev–Trinajstić information content (AvgIpc) is 2.43. The van der Waals surface area contributed by atoms with Crippen molar-refractivity contribution in [2.75, 3.05) is 27.5 Å². The fraction of sp³-hybridized carbons (Fsp3) is 0.267. The molecule has 1 rings (SSSR count). The molecule has 0 heterocycles. The van der Waals surface area contributed by atoms with Crippen LogP contribution in [0.25, 0.3) is 5.70 Å². The summed E-state index contributed by atoms with van der Waals surface area (Å²) in [5.74, 6) is 0.833. The first-order valence-corrected chi connectivity index (χ1v) is 7.02. The molecule has 4 heteroatoms. The Bertz CT molecular complexity index is 510. The zero-order valence-corrected chi connectivity index (χ0v) is 12.5. The largest absolute Gasteiger partial charge is 0.497 e. The molecule has 0 saturated carbocycles. The van der Waals surface area contributed by atoms with Crippen molar-refractivity contribution in [1.82, 2.24) is 4.90 Å². The minimum Gasteiger partial charge on any atom is -0.497 e. The Hall–Kier alpha value is -1.86. The van der Waals surface area contributed by atoms with Crippen molar-refractivity contribution in [3.63, 3.8) is 0 Å². The van der Waals surface area contributed by atoms with Gasteiger partial charge in [-0.2, -0.15) is 5.26 Å². The van der Waals surface area contributed by atoms with Crippen LogP contribution in [0.2, 0.25) is 0 Å². The van der Waals surface area contributed by atoms with Crippen molar-refractivity contribution >= 4 is 17.5 Å². The third kappa shape index (κ3) is 4.38. The number of nitriles is 1. The van der Waals surface area contributed by atoms with E-state index in [1.807, 2.05) is 55.6 Å². The summed E-state index contributed by atoms with van der Waals surface area (Å²) in [6.45, 7) is 0. The Labute approximate surface area is 119 Å². The zero-order chi connectivity index (χ0) is 14.3. The van der Waals surface area contributed by atoms with E-state index in [0.717, 1.165) is 21.9 Å². The quantitative estimate of drug-likeness (QED) is 0.609. The summed E-state index contributed by atoms with van der Waals surface area (Å²) < 4.78 is 5.16. The highest BCUT2D eigenvalue weighted by atomic mass is 32.2. The molecule has 0 aliphatic rings. The van der Waals surface area contributed by atoms with Gasteiger partial charge in [-0.25, -0.2) is 0 Å². The van der Waals surface area contributed by atoms with Gasteiger partial charge >= 0.3 is 0 Å². The van der Waals surface area contributed by atoms with Crippen molar-refractivity contribution in [3.05, 3.63) is 46.9 Å². The van der Waals surface area contributed by atoms with Gasteiger partial charge in [-0.15, -0.1) is 11.8 Å². The van der Waals surface area contributed by atoms with Gasteiger partial charge in [0.15, 0.2) is 0 Å². The molecule has 0 bridgehead atoms. The monoisotopic (exact) mass is 274 g/mol. The second-order valence-corrected chi connectivity index (χ2v) is 4.91. The standard InChI is InChI=1S/C15H18N2OS/c1-17(2)15(11-14(19-4)9-10-16)12-5-7-13(18-3)8-6-12/h5-9,11H,1-4H3/b14-9-,15-11+. The molecular formula is C15H18N2OS. The van der Waals surface area contributed by atoms with E-state index in [1.165, 1.54) is 0 Å². The van der Waals surface area contributed by atoms with E-state index < -0.39 is 0 Å². The van der Waals surface area contributed by atoms with Gasteiger partial charge in [-0.05, 0) is 42.2 Å². The molecule has 1 aromatic rings. The molecule has 1 aromatic carbocycles. The zero-order valence-electron chi connectivity index (χ0n) is 11.7. The molecule has 0 aromatic heterocycles. The van der Waals surface area contributed by atoms with Crippen LogP contribution in [-0.2, 0) is 0 Å². The summed E-state index contributed by atoms with van der Waals surface area (Å²) in [7, 11) is 5.62. The normalized spacial score (nSPS) is 11.9. The predicted octanol–water partition coefficient (Wildman–Crippen LogP) is 3.37. The van der Waals surface area contributed by atoms with Crippen molar-refractivity contribution < 1.29 is 4.74 Å². The maximum Gasteiger partial charge on any atom is 0.118 e. The van der Waals surface area contributed by atoms with E-state index in [-0.39, 0.29) is 0 Å². The molecule has 0 radical (unpaired) electrons. The van der Waals surface area contributed by atoms with Crippen LogP contribution in [0.5, 0.6) is 5.75 Å². The van der Waals surface area contributed by atoms with Gasteiger partial charge in [0, 0.05) is 30.8 Å². The fourth-order valence-electron chi connectivity index (χ4n) is 1.59. The van der Waals surface area contributed by atoms with Gasteiger partial charge < -0.3 is 9.64 Å². The Morgan fingerprint density at radius 2 is 1.95 bits per heavy atom. The molecule has 0 unspecified atom stereocenters. The molecule has 0 aliphatic heterocycles. The maximum atomic E-state index is 8.76. The van der Waals surface area contributed by atoms with Gasteiger partial charge in [0.2, 0.25) is 0 Å². The molecular weight excluding hydrogens is 256 g/mol. The first-order chi connectivity index (χ1) is 9.12. The van der Waals surface area contributed by atoms with E-state index in [9.17, 15) is 0 Å². The molecule has 100 valence electrons. The van der Waals surface area contributed by atoms with Gasteiger partial charge in [-0.3, -0.25) is 0 Å². The SMILES string of the molecule is COc1ccc(/C(=C\C(=C\C#N)SC)N(C)C)cc1. The number of hydrogen-bond acceptors (Lipinski definition) is 4. The number of methoxy groups -OCH3 is 1. The fourth-order valence-corrected chi connectivity index (χ4v) is 1.99. The lowest BCUT2D eigenvalue weighted by Gasteiger charge is -2.18. The van der Waals surface area contributed by atoms with E-state index in [2.05, 4.69) is 6.07 Å². The van der Waals surface area contributed by atoms with Crippen molar-refractivity contribution in [1.29, 1.82) is 5.26 Å². The molecule has 0 saturated heterocycles. The molecule has 0 atom stereocenters. The molecule has 3 nitrogen and oxygen atoms in total. The number of allylic oxidation sites excluding steroid dienone is 2. The van der Waals surface area contributed by atoms with Crippen molar-refractivity contribution in [2.45, 2.75) is 0 Å². The summed E-state index contributed by atoms with van der Waals surface area (Å²) in [6.07, 6.45) is 5.52. The number of ether oxygens (including phenoxy) is 1. The molecule has 0 amide bonds. The summed E-state index contributed by atoms with van der Waals surface area (Å²) in [4.78, 5) is 2.96. The van der Waals surface area contributed by atoms with Crippen molar-refractivity contribution in [2.24, 2.45) is 0 Å². The first kappa shape index (κ1) is 15.2. The van der Waals surface area contributed by atoms with Gasteiger partial charge in [-0.1, -0.05) is 0 Å². The minimum atomic E-state index is 0.833. The summed E-state index contributed by atoms with van der Waals surface area (Å²) >= 11 is 1.55. The number of benzene rings is 1. The van der Waals surface area contributed by atoms with Crippen LogP contribution in [0.1, 0.15) is 5.56 Å². The molecule has 0 spiro atoms. The van der Waals surface area contributed by atoms with E-state index in [1.54, 1.807) is 24.9 Å². The lowest BCUT2D eigenvalue weighted by atomic mass is 10.1. The maximum absolute atomic E-state index is 8.76. The van der Waals surface area contributed by atoms with E-state index in [0.29, 0.717) is 0 Å². The first-order valence-electron chi connectivity index (χ1n) is 5.79. The Kier molecular flexibility index (Phi) is 6.04. The molecule has 0 N–H and O–H groups in total. The van der Waals surface area contributed by atoms with Crippen LogP contribution in [0.15, 0.2) is 41.3 Å². The van der Waals surface area contributed by atoms with Gasteiger partial charge in [0.05, 0.1) is 13.2 Å². The number of nitrogens with zero attached hydrogens (tertiary/aromatic N) is 2. The number of thioether (sulfide) groups is 1. The third-order valence-electron chi connectivity index (χ3n) is 2.59. The molecule has 0 aliphatic carbocycles. The average molecular weight is 274 g/mol. The second kappa shape index (κ2) is 7.55. The van der Waals surface area contributed by atoms with Crippen LogP contribution in [0.3, 0.4) is 0 Å². The summed E-state index contributed by atoms with van der Waals surface area (Å²) in [5.41, 5.74) is 2.14. The van der Waals surface area contributed by atoms with Crippen LogP contribution in [0, 0.1) is 11.3 Å². The van der Waals surface area contributed by atoms with Gasteiger partial charge in [0.1, 0.15) is 5.75 Å². The number of rotatable bonds is 5. The lowest BCUT2D eigenvalue weighted by molar-refractivity contribution is 0.414. The van der Waals surface area contributed by atoms with E-state index in [4.69, 9.17) is 10.00 Å². The van der Waals surface area contributed by atoms with E-state index >= 15 is 0 Å². The van der Waals surface area contributed by atoms with Crippen molar-refractivity contribution in [3.8, 4) is 11.8 Å². The lowest BCUT2D eigenvalue weighted by Crippen LogP contribution is -2.10. The highest BCUT2D eigenvalue weighted by molar-refractivity contribution is 8.02. The minimum absolute atomic E-state index is 0.833. The molecule has 19 heavy (non-hydrogen) atoms. The highest BCUT2D eigenvalue weighted by Gasteiger charge is 2.05. The smallest absolute Gasteiger partial charge is 0.118 e. The summed E-state index contributed by atoms with van der Waals surface area (Å²) in [5, 5.41) is 8.76. The molecule has 0 fully saturated rings. The second-order valence-electron chi connectivity index (χ2n) is 4.03. The Morgan fingerprint density at radius 3 is 2.37 bits per heavy atom. The van der Waals surface area contributed by atoms with Crippen LogP contribution in [0.4, 0.5) is 0 Å². The van der Waals surface area contributed by atoms with Gasteiger partial charge in [0.25, 0.3) is 0 Å². The third-order valence-corrected chi connectivity index (χ3v) is 3.30. The Morgan fingerprint density at radius 1 is 1.32 bits per heavy atom. The predicted molar refractivity (Wildman–Crippen MR) is 81.9 cm³/mol. The summed E-state index contributed by atoms with van der Waals surface area (Å²) in [6, 6.07) is 9.94. The van der Waals surface area contributed by atoms with Crippen LogP contribution in [-0.4, -0.2) is 32.4 Å². The number of hydrogen-bond donors (Lipinski definition) is 0.